The lowest BCUT2D eigenvalue weighted by atomic mass is 9.68. The van der Waals surface area contributed by atoms with Crippen LogP contribution in [-0.4, -0.2) is 4.57 Å². The van der Waals surface area contributed by atoms with Crippen molar-refractivity contribution >= 4 is 71.6 Å². The third-order valence-corrected chi connectivity index (χ3v) is 15.6. The SMILES string of the molecule is c1ccc(C2(c3ccccc3)c3ccccc3-c3c(N(c4ccc(-c5cccc(-n6c7ccccc7c7ccccc76)c5)cc4)c4cccc(-c5cccc6c5oc5c7ccccc7ccc65)c4)cccc32)cc1. The van der Waals surface area contributed by atoms with Gasteiger partial charge in [-0.1, -0.05) is 218 Å². The van der Waals surface area contributed by atoms with Gasteiger partial charge in [0.1, 0.15) is 11.2 Å². The topological polar surface area (TPSA) is 21.3 Å². The fraction of sp³-hybridized carbons (Fsp3) is 0.0141. The Morgan fingerprint density at radius 1 is 0.338 bits per heavy atom. The number of aromatic nitrogens is 1. The second kappa shape index (κ2) is 16.7. The van der Waals surface area contributed by atoms with Crippen LogP contribution in [0.3, 0.4) is 0 Å². The summed E-state index contributed by atoms with van der Waals surface area (Å²) in [5.41, 5.74) is 19.9. The maximum absolute atomic E-state index is 6.94. The predicted molar refractivity (Wildman–Crippen MR) is 308 cm³/mol. The molecule has 0 N–H and O–H groups in total. The van der Waals surface area contributed by atoms with Crippen LogP contribution in [0.25, 0.3) is 93.6 Å². The zero-order valence-corrected chi connectivity index (χ0v) is 40.4. The highest BCUT2D eigenvalue weighted by atomic mass is 16.3. The lowest BCUT2D eigenvalue weighted by Gasteiger charge is -2.34. The molecule has 0 aliphatic heterocycles. The summed E-state index contributed by atoms with van der Waals surface area (Å²) in [6, 6.07) is 102. The van der Waals surface area contributed by atoms with Gasteiger partial charge in [0.05, 0.1) is 22.1 Å². The molecule has 0 bridgehead atoms. The Balaban J connectivity index is 0.929. The molecule has 3 heteroatoms. The van der Waals surface area contributed by atoms with Crippen molar-refractivity contribution in [3.05, 3.63) is 301 Å². The third kappa shape index (κ3) is 6.27. The summed E-state index contributed by atoms with van der Waals surface area (Å²) in [4.78, 5) is 2.47. The van der Waals surface area contributed by atoms with Gasteiger partial charge in [0, 0.05) is 55.1 Å². The lowest BCUT2D eigenvalue weighted by molar-refractivity contribution is 0.674. The first-order valence-electron chi connectivity index (χ1n) is 25.5. The molecule has 2 aromatic heterocycles. The van der Waals surface area contributed by atoms with Crippen molar-refractivity contribution < 1.29 is 4.42 Å². The quantitative estimate of drug-likeness (QED) is 0.151. The van der Waals surface area contributed by atoms with Gasteiger partial charge in [-0.3, -0.25) is 0 Å². The summed E-state index contributed by atoms with van der Waals surface area (Å²) in [6.45, 7) is 0. The van der Waals surface area contributed by atoms with Crippen molar-refractivity contribution in [3.8, 4) is 39.1 Å². The molecule has 0 fully saturated rings. The normalized spacial score (nSPS) is 12.7. The van der Waals surface area contributed by atoms with Crippen molar-refractivity contribution in [1.29, 1.82) is 0 Å². The Labute approximate surface area is 429 Å². The number of hydrogen-bond donors (Lipinski definition) is 0. The van der Waals surface area contributed by atoms with E-state index in [0.29, 0.717) is 0 Å². The third-order valence-electron chi connectivity index (χ3n) is 15.6. The van der Waals surface area contributed by atoms with Crippen LogP contribution in [0.5, 0.6) is 0 Å². The Morgan fingerprint density at radius 3 is 1.69 bits per heavy atom. The molecule has 346 valence electrons. The number of benzene rings is 12. The van der Waals surface area contributed by atoms with Crippen molar-refractivity contribution in [2.24, 2.45) is 0 Å². The monoisotopic (exact) mass is 942 g/mol. The van der Waals surface area contributed by atoms with Crippen LogP contribution in [0.2, 0.25) is 0 Å². The van der Waals surface area contributed by atoms with Crippen LogP contribution < -0.4 is 4.90 Å². The summed E-state index contributed by atoms with van der Waals surface area (Å²) in [7, 11) is 0. The van der Waals surface area contributed by atoms with Crippen LogP contribution in [0.1, 0.15) is 22.3 Å². The first-order valence-corrected chi connectivity index (χ1v) is 25.5. The minimum Gasteiger partial charge on any atom is -0.455 e. The molecule has 3 nitrogen and oxygen atoms in total. The van der Waals surface area contributed by atoms with E-state index in [1.165, 1.54) is 60.6 Å². The highest BCUT2D eigenvalue weighted by molar-refractivity contribution is 6.17. The zero-order valence-electron chi connectivity index (χ0n) is 40.4. The molecule has 0 radical (unpaired) electrons. The molecule has 1 aliphatic rings. The summed E-state index contributed by atoms with van der Waals surface area (Å²) in [5.74, 6) is 0. The molecule has 0 amide bonds. The summed E-state index contributed by atoms with van der Waals surface area (Å²) in [6.07, 6.45) is 0. The van der Waals surface area contributed by atoms with Crippen LogP contribution in [0.15, 0.2) is 283 Å². The van der Waals surface area contributed by atoms with E-state index in [1.54, 1.807) is 0 Å². The van der Waals surface area contributed by atoms with Crippen molar-refractivity contribution in [1.82, 2.24) is 4.57 Å². The van der Waals surface area contributed by atoms with Crippen molar-refractivity contribution in [3.63, 3.8) is 0 Å². The Hall–Kier alpha value is -9.70. The predicted octanol–water partition coefficient (Wildman–Crippen LogP) is 19.0. The summed E-state index contributed by atoms with van der Waals surface area (Å²) in [5, 5.41) is 7.03. The van der Waals surface area contributed by atoms with Gasteiger partial charge in [0.15, 0.2) is 0 Å². The van der Waals surface area contributed by atoms with E-state index in [-0.39, 0.29) is 0 Å². The molecule has 1 aliphatic carbocycles. The highest BCUT2D eigenvalue weighted by Gasteiger charge is 2.47. The fourth-order valence-corrected chi connectivity index (χ4v) is 12.5. The molecule has 0 spiro atoms. The Morgan fingerprint density at radius 2 is 0.919 bits per heavy atom. The maximum atomic E-state index is 6.94. The molecule has 0 unspecified atom stereocenters. The fourth-order valence-electron chi connectivity index (χ4n) is 12.5. The van der Waals surface area contributed by atoms with Crippen molar-refractivity contribution in [2.45, 2.75) is 5.41 Å². The van der Waals surface area contributed by atoms with Gasteiger partial charge in [0.25, 0.3) is 0 Å². The average molecular weight is 943 g/mol. The smallest absolute Gasteiger partial charge is 0.143 e. The number of nitrogens with zero attached hydrogens (tertiary/aromatic N) is 2. The largest absolute Gasteiger partial charge is 0.455 e. The van der Waals surface area contributed by atoms with E-state index < -0.39 is 5.41 Å². The molecule has 2 heterocycles. The summed E-state index contributed by atoms with van der Waals surface area (Å²) >= 11 is 0. The molecule has 0 saturated carbocycles. The zero-order chi connectivity index (χ0) is 48.7. The van der Waals surface area contributed by atoms with Gasteiger partial charge in [-0.05, 0) is 111 Å². The number of hydrogen-bond acceptors (Lipinski definition) is 2. The van der Waals surface area contributed by atoms with E-state index in [1.807, 2.05) is 0 Å². The van der Waals surface area contributed by atoms with Crippen molar-refractivity contribution in [2.75, 3.05) is 4.90 Å². The van der Waals surface area contributed by atoms with Crippen LogP contribution in [0.4, 0.5) is 17.1 Å². The number of fused-ring (bicyclic) bond motifs is 11. The second-order valence-corrected chi connectivity index (χ2v) is 19.5. The van der Waals surface area contributed by atoms with E-state index in [0.717, 1.165) is 72.3 Å². The van der Waals surface area contributed by atoms with E-state index in [4.69, 9.17) is 4.42 Å². The summed E-state index contributed by atoms with van der Waals surface area (Å²) < 4.78 is 9.33. The molecule has 74 heavy (non-hydrogen) atoms. The number of furan rings is 1. The molecular weight excluding hydrogens is 897 g/mol. The highest BCUT2D eigenvalue weighted by Crippen LogP contribution is 2.59. The maximum Gasteiger partial charge on any atom is 0.143 e. The molecule has 0 atom stereocenters. The molecular formula is C71H46N2O. The van der Waals surface area contributed by atoms with Gasteiger partial charge >= 0.3 is 0 Å². The van der Waals surface area contributed by atoms with Gasteiger partial charge in [-0.25, -0.2) is 0 Å². The van der Waals surface area contributed by atoms with Crippen LogP contribution in [0, 0.1) is 0 Å². The first-order chi connectivity index (χ1) is 36.7. The number of para-hydroxylation sites is 3. The lowest BCUT2D eigenvalue weighted by Crippen LogP contribution is -2.28. The average Bonchev–Trinajstić information content (AvgIpc) is 4.18. The van der Waals surface area contributed by atoms with E-state index in [2.05, 4.69) is 289 Å². The van der Waals surface area contributed by atoms with Crippen LogP contribution in [-0.2, 0) is 5.41 Å². The van der Waals surface area contributed by atoms with E-state index in [9.17, 15) is 0 Å². The first kappa shape index (κ1) is 42.0. The molecule has 15 rings (SSSR count). The number of anilines is 3. The van der Waals surface area contributed by atoms with Crippen LogP contribution >= 0.6 is 0 Å². The molecule has 12 aromatic carbocycles. The minimum atomic E-state index is -0.551. The van der Waals surface area contributed by atoms with Gasteiger partial charge in [-0.2, -0.15) is 0 Å². The standard InChI is InChI=1S/C71H46N2O/c1-3-22-51(23-4-1)71(52-24-5-2-6-25-52)63-34-12-9-31-62(63)68-64(71)35-18-38-67(68)72(54-26-16-21-50(46-54)57-32-17-33-60-61-44-41-48-19-7-8-28-56(48)69(61)74-70(57)60)53-42-39-47(40-43-53)49-20-15-27-55(45-49)73-65-36-13-10-29-58(65)59-30-11-14-37-66(59)73/h1-46H. The molecule has 0 saturated heterocycles. The van der Waals surface area contributed by atoms with Gasteiger partial charge in [0.2, 0.25) is 0 Å². The van der Waals surface area contributed by atoms with Gasteiger partial charge in [-0.15, -0.1) is 0 Å². The Kier molecular flexibility index (Phi) is 9.48. The molecule has 14 aromatic rings. The second-order valence-electron chi connectivity index (χ2n) is 19.5. The number of rotatable bonds is 8. The Bertz CT molecular complexity index is 4390. The van der Waals surface area contributed by atoms with Gasteiger partial charge < -0.3 is 13.9 Å². The minimum absolute atomic E-state index is 0.551. The van der Waals surface area contributed by atoms with E-state index >= 15 is 0 Å².